The maximum atomic E-state index is 13.7. The van der Waals surface area contributed by atoms with E-state index in [1.165, 1.54) is 0 Å². The number of carbonyl (C=O) groups is 2. The van der Waals surface area contributed by atoms with Crippen molar-refractivity contribution in [2.75, 3.05) is 23.0 Å². The van der Waals surface area contributed by atoms with Crippen molar-refractivity contribution in [2.45, 2.75) is 6.92 Å². The zero-order valence-electron chi connectivity index (χ0n) is 9.70. The zero-order valence-corrected chi connectivity index (χ0v) is 10.5. The van der Waals surface area contributed by atoms with Gasteiger partial charge in [-0.3, -0.25) is 9.59 Å². The Morgan fingerprint density at radius 3 is 2.56 bits per heavy atom. The van der Waals surface area contributed by atoms with Crippen LogP contribution in [0.3, 0.4) is 0 Å². The van der Waals surface area contributed by atoms with Crippen molar-refractivity contribution in [3.05, 3.63) is 29.3 Å². The average Bonchev–Trinajstić information content (AvgIpc) is 2.60. The summed E-state index contributed by atoms with van der Waals surface area (Å²) in [6.07, 6.45) is 0. The second-order valence-corrected chi connectivity index (χ2v) is 5.13. The number of nitrogens with zero attached hydrogens (tertiary/aromatic N) is 1. The van der Waals surface area contributed by atoms with Gasteiger partial charge in [0.05, 0.1) is 11.3 Å². The number of benzene rings is 1. The molecule has 2 rings (SSSR count). The number of ketones is 1. The number of rotatable bonds is 4. The number of Topliss-reactive ketones (excluding diaryl/α,β-unsaturated/α-hetero) is 1. The van der Waals surface area contributed by atoms with Crippen molar-refractivity contribution in [3.63, 3.8) is 0 Å². The van der Waals surface area contributed by atoms with E-state index in [0.29, 0.717) is 5.75 Å². The van der Waals surface area contributed by atoms with E-state index in [-0.39, 0.29) is 12.2 Å². The highest BCUT2D eigenvalue weighted by atomic mass is 32.2. The summed E-state index contributed by atoms with van der Waals surface area (Å²) in [7, 11) is 0. The van der Waals surface area contributed by atoms with Gasteiger partial charge in [0.1, 0.15) is 11.6 Å². The molecule has 0 bridgehead atoms. The van der Waals surface area contributed by atoms with Crippen molar-refractivity contribution in [2.24, 2.45) is 0 Å². The van der Waals surface area contributed by atoms with Gasteiger partial charge in [0, 0.05) is 12.3 Å². The van der Waals surface area contributed by atoms with E-state index in [0.717, 1.165) is 22.8 Å². The summed E-state index contributed by atoms with van der Waals surface area (Å²) in [6.45, 7) is 2.16. The fourth-order valence-corrected chi connectivity index (χ4v) is 2.47. The number of hydrogen-bond donors (Lipinski definition) is 0. The maximum absolute atomic E-state index is 13.7. The SMILES string of the molecule is CCSCCN1C(=O)C(=O)c2c(F)ccc(F)c21. The molecular formula is C12H11F2NO2S. The minimum Gasteiger partial charge on any atom is -0.301 e. The first kappa shape index (κ1) is 13.0. The number of halogens is 2. The van der Waals surface area contributed by atoms with Gasteiger partial charge in [-0.2, -0.15) is 11.8 Å². The van der Waals surface area contributed by atoms with E-state index >= 15 is 0 Å². The second kappa shape index (κ2) is 5.06. The lowest BCUT2D eigenvalue weighted by Gasteiger charge is -2.16. The van der Waals surface area contributed by atoms with Gasteiger partial charge in [-0.05, 0) is 17.9 Å². The van der Waals surface area contributed by atoms with E-state index in [4.69, 9.17) is 0 Å². The third-order valence-corrected chi connectivity index (χ3v) is 3.56. The maximum Gasteiger partial charge on any atom is 0.299 e. The molecule has 0 saturated carbocycles. The van der Waals surface area contributed by atoms with Crippen molar-refractivity contribution >= 4 is 29.1 Å². The van der Waals surface area contributed by atoms with Gasteiger partial charge in [0.25, 0.3) is 11.7 Å². The van der Waals surface area contributed by atoms with Crippen LogP contribution in [0.5, 0.6) is 0 Å². The van der Waals surface area contributed by atoms with Gasteiger partial charge in [0.2, 0.25) is 0 Å². The fraction of sp³-hybridized carbons (Fsp3) is 0.333. The van der Waals surface area contributed by atoms with E-state index < -0.39 is 28.9 Å². The molecule has 1 aromatic rings. The van der Waals surface area contributed by atoms with Crippen LogP contribution in [0.25, 0.3) is 0 Å². The molecule has 0 spiro atoms. The van der Waals surface area contributed by atoms with Gasteiger partial charge in [0.15, 0.2) is 0 Å². The van der Waals surface area contributed by atoms with Crippen LogP contribution in [0.4, 0.5) is 14.5 Å². The molecule has 0 aliphatic carbocycles. The Labute approximate surface area is 107 Å². The molecule has 1 aromatic carbocycles. The Bertz CT molecular complexity index is 519. The van der Waals surface area contributed by atoms with Gasteiger partial charge in [-0.25, -0.2) is 8.78 Å². The number of hydrogen-bond acceptors (Lipinski definition) is 3. The smallest absolute Gasteiger partial charge is 0.299 e. The predicted molar refractivity (Wildman–Crippen MR) is 66.0 cm³/mol. The highest BCUT2D eigenvalue weighted by Crippen LogP contribution is 2.33. The first-order valence-electron chi connectivity index (χ1n) is 5.49. The average molecular weight is 271 g/mol. The number of fused-ring (bicyclic) bond motifs is 1. The summed E-state index contributed by atoms with van der Waals surface area (Å²) in [5.41, 5.74) is -0.664. The van der Waals surface area contributed by atoms with Crippen molar-refractivity contribution < 1.29 is 18.4 Å². The molecule has 0 fully saturated rings. The second-order valence-electron chi connectivity index (χ2n) is 3.74. The van der Waals surface area contributed by atoms with Gasteiger partial charge >= 0.3 is 0 Å². The lowest BCUT2D eigenvalue weighted by atomic mass is 10.1. The van der Waals surface area contributed by atoms with Crippen LogP contribution in [0, 0.1) is 11.6 Å². The summed E-state index contributed by atoms with van der Waals surface area (Å²) >= 11 is 1.56. The Kier molecular flexibility index (Phi) is 3.65. The molecule has 1 aliphatic rings. The van der Waals surface area contributed by atoms with Gasteiger partial charge < -0.3 is 4.90 Å². The van der Waals surface area contributed by atoms with E-state index in [1.54, 1.807) is 11.8 Å². The minimum atomic E-state index is -0.969. The topological polar surface area (TPSA) is 37.4 Å². The zero-order chi connectivity index (χ0) is 13.3. The number of anilines is 1. The van der Waals surface area contributed by atoms with Crippen LogP contribution in [0.2, 0.25) is 0 Å². The molecule has 1 amide bonds. The van der Waals surface area contributed by atoms with Gasteiger partial charge in [-0.1, -0.05) is 6.92 Å². The molecule has 18 heavy (non-hydrogen) atoms. The fourth-order valence-electron chi connectivity index (χ4n) is 1.87. The number of amides is 1. The summed E-state index contributed by atoms with van der Waals surface area (Å²) < 4.78 is 27.1. The van der Waals surface area contributed by atoms with E-state index in [1.807, 2.05) is 6.92 Å². The van der Waals surface area contributed by atoms with Crippen LogP contribution >= 0.6 is 11.8 Å². The quantitative estimate of drug-likeness (QED) is 0.622. The molecule has 0 N–H and O–H groups in total. The largest absolute Gasteiger partial charge is 0.301 e. The number of carbonyl (C=O) groups excluding carboxylic acids is 2. The molecule has 0 atom stereocenters. The predicted octanol–water partition coefficient (Wildman–Crippen LogP) is 2.25. The Hall–Kier alpha value is -1.43. The summed E-state index contributed by atoms with van der Waals surface area (Å²) in [5, 5.41) is 0. The lowest BCUT2D eigenvalue weighted by molar-refractivity contribution is -0.114. The molecule has 6 heteroatoms. The lowest BCUT2D eigenvalue weighted by Crippen LogP contribution is -2.32. The van der Waals surface area contributed by atoms with Crippen LogP contribution in [-0.2, 0) is 4.79 Å². The Morgan fingerprint density at radius 1 is 1.22 bits per heavy atom. The molecule has 0 aromatic heterocycles. The summed E-state index contributed by atoms with van der Waals surface area (Å²) in [6, 6.07) is 1.80. The molecule has 0 unspecified atom stereocenters. The standard InChI is InChI=1S/C12H11F2NO2S/c1-2-18-6-5-15-10-8(14)4-3-7(13)9(10)11(16)12(15)17/h3-4H,2,5-6H2,1H3. The molecule has 1 aliphatic heterocycles. The summed E-state index contributed by atoms with van der Waals surface area (Å²) in [5.74, 6) is -1.99. The van der Waals surface area contributed by atoms with Crippen LogP contribution in [0.1, 0.15) is 17.3 Å². The number of thioether (sulfide) groups is 1. The Balaban J connectivity index is 2.39. The summed E-state index contributed by atoms with van der Waals surface area (Å²) in [4.78, 5) is 24.3. The molecular weight excluding hydrogens is 260 g/mol. The first-order valence-corrected chi connectivity index (χ1v) is 6.65. The van der Waals surface area contributed by atoms with Crippen LogP contribution < -0.4 is 4.90 Å². The molecule has 0 saturated heterocycles. The highest BCUT2D eigenvalue weighted by Gasteiger charge is 2.40. The van der Waals surface area contributed by atoms with Crippen molar-refractivity contribution in [3.8, 4) is 0 Å². The van der Waals surface area contributed by atoms with Crippen molar-refractivity contribution in [1.82, 2.24) is 0 Å². The first-order chi connectivity index (χ1) is 8.57. The molecule has 1 heterocycles. The molecule has 96 valence electrons. The third-order valence-electron chi connectivity index (χ3n) is 2.68. The van der Waals surface area contributed by atoms with E-state index in [9.17, 15) is 18.4 Å². The Morgan fingerprint density at radius 2 is 1.89 bits per heavy atom. The van der Waals surface area contributed by atoms with Gasteiger partial charge in [-0.15, -0.1) is 0 Å². The highest BCUT2D eigenvalue weighted by molar-refractivity contribution is 7.99. The van der Waals surface area contributed by atoms with Crippen LogP contribution in [0.15, 0.2) is 12.1 Å². The molecule has 0 radical (unpaired) electrons. The minimum absolute atomic E-state index is 0.205. The van der Waals surface area contributed by atoms with Crippen molar-refractivity contribution in [1.29, 1.82) is 0 Å². The molecule has 3 nitrogen and oxygen atoms in total. The van der Waals surface area contributed by atoms with Crippen LogP contribution in [-0.4, -0.2) is 29.7 Å². The third kappa shape index (κ3) is 2.01. The van der Waals surface area contributed by atoms with E-state index in [2.05, 4.69) is 0 Å². The normalized spacial score (nSPS) is 14.3. The monoisotopic (exact) mass is 271 g/mol.